The molecule has 100 valence electrons. The lowest BCUT2D eigenvalue weighted by atomic mass is 10.0. The summed E-state index contributed by atoms with van der Waals surface area (Å²) in [6.45, 7) is 4.76. The number of rotatable bonds is 4. The van der Waals surface area contributed by atoms with Gasteiger partial charge in [0.2, 0.25) is 0 Å². The molecule has 0 bridgehead atoms. The van der Waals surface area contributed by atoms with Gasteiger partial charge in [0.15, 0.2) is 0 Å². The first-order valence-electron chi connectivity index (χ1n) is 6.48. The van der Waals surface area contributed by atoms with Gasteiger partial charge in [-0.3, -0.25) is 4.90 Å². The van der Waals surface area contributed by atoms with Crippen molar-refractivity contribution >= 4 is 11.6 Å². The predicted molar refractivity (Wildman–Crippen MR) is 74.4 cm³/mol. The maximum Gasteiger partial charge on any atom is 0.0589 e. The van der Waals surface area contributed by atoms with Crippen molar-refractivity contribution in [3.05, 3.63) is 34.3 Å². The van der Waals surface area contributed by atoms with Crippen LogP contribution in [0.2, 0.25) is 5.02 Å². The molecule has 3 N–H and O–H groups in total. The number of nitrogens with two attached hydrogens (primary N) is 1. The number of halogens is 1. The molecule has 0 aliphatic carbocycles. The minimum Gasteiger partial charge on any atom is -0.395 e. The Hall–Kier alpha value is -0.610. The van der Waals surface area contributed by atoms with E-state index in [-0.39, 0.29) is 12.6 Å². The molecule has 1 aromatic carbocycles. The highest BCUT2D eigenvalue weighted by Gasteiger charge is 2.30. The van der Waals surface area contributed by atoms with E-state index in [1.54, 1.807) is 0 Å². The van der Waals surface area contributed by atoms with Gasteiger partial charge < -0.3 is 10.8 Å². The average Bonchev–Trinajstić information content (AvgIpc) is 2.72. The van der Waals surface area contributed by atoms with Gasteiger partial charge >= 0.3 is 0 Å². The summed E-state index contributed by atoms with van der Waals surface area (Å²) in [4.78, 5) is 2.31. The number of likely N-dealkylation sites (tertiary alicyclic amines) is 1. The van der Waals surface area contributed by atoms with Crippen molar-refractivity contribution < 1.29 is 5.11 Å². The first-order valence-corrected chi connectivity index (χ1v) is 6.85. The van der Waals surface area contributed by atoms with Crippen LogP contribution in [0.4, 0.5) is 0 Å². The number of hydrogen-bond acceptors (Lipinski definition) is 3. The number of benzene rings is 1. The predicted octanol–water partition coefficient (Wildman–Crippen LogP) is 2.00. The van der Waals surface area contributed by atoms with Crippen molar-refractivity contribution in [1.82, 2.24) is 4.90 Å². The third kappa shape index (κ3) is 2.86. The van der Waals surface area contributed by atoms with Crippen LogP contribution in [0, 0.1) is 5.92 Å². The Morgan fingerprint density at radius 3 is 2.89 bits per heavy atom. The Morgan fingerprint density at radius 1 is 1.50 bits per heavy atom. The molecule has 0 radical (unpaired) electrons. The summed E-state index contributed by atoms with van der Waals surface area (Å²) in [5.41, 5.74) is 7.76. The molecule has 18 heavy (non-hydrogen) atoms. The van der Waals surface area contributed by atoms with E-state index in [2.05, 4.69) is 11.8 Å². The third-order valence-electron chi connectivity index (χ3n) is 3.91. The molecule has 1 fully saturated rings. The van der Waals surface area contributed by atoms with Gasteiger partial charge in [-0.15, -0.1) is 0 Å². The van der Waals surface area contributed by atoms with Crippen LogP contribution in [0.15, 0.2) is 18.2 Å². The van der Waals surface area contributed by atoms with Crippen molar-refractivity contribution in [2.75, 3.05) is 13.2 Å². The quantitative estimate of drug-likeness (QED) is 0.878. The fourth-order valence-corrected chi connectivity index (χ4v) is 2.91. The van der Waals surface area contributed by atoms with Gasteiger partial charge in [-0.05, 0) is 36.1 Å². The topological polar surface area (TPSA) is 49.5 Å². The van der Waals surface area contributed by atoms with Crippen LogP contribution in [0.5, 0.6) is 0 Å². The SMILES string of the molecule is CC1CCN(Cc2ccc(CN)cc2Cl)C1CO. The molecule has 4 heteroatoms. The van der Waals surface area contributed by atoms with Gasteiger partial charge in [-0.25, -0.2) is 0 Å². The van der Waals surface area contributed by atoms with E-state index in [1.807, 2.05) is 18.2 Å². The van der Waals surface area contributed by atoms with Crippen molar-refractivity contribution in [2.24, 2.45) is 11.7 Å². The minimum atomic E-state index is 0.222. The second kappa shape index (κ2) is 6.02. The number of nitrogens with zero attached hydrogens (tertiary/aromatic N) is 1. The lowest BCUT2D eigenvalue weighted by Crippen LogP contribution is -2.34. The Kier molecular flexibility index (Phi) is 4.62. The number of hydrogen-bond donors (Lipinski definition) is 2. The smallest absolute Gasteiger partial charge is 0.0589 e. The second-order valence-corrected chi connectivity index (χ2v) is 5.52. The third-order valence-corrected chi connectivity index (χ3v) is 4.26. The molecule has 2 rings (SSSR count). The highest BCUT2D eigenvalue weighted by molar-refractivity contribution is 6.31. The zero-order chi connectivity index (χ0) is 13.1. The summed E-state index contributed by atoms with van der Waals surface area (Å²) in [5.74, 6) is 0.553. The zero-order valence-corrected chi connectivity index (χ0v) is 11.5. The van der Waals surface area contributed by atoms with Gasteiger partial charge in [0.05, 0.1) is 6.61 Å². The van der Waals surface area contributed by atoms with E-state index in [9.17, 15) is 5.11 Å². The standard InChI is InChI=1S/C14H21ClN2O/c1-10-4-5-17(14(10)9-18)8-12-3-2-11(7-16)6-13(12)15/h2-3,6,10,14,18H,4-5,7-9,16H2,1H3. The van der Waals surface area contributed by atoms with Crippen LogP contribution >= 0.6 is 11.6 Å². The Morgan fingerprint density at radius 2 is 2.28 bits per heavy atom. The van der Waals surface area contributed by atoms with Crippen LogP contribution in [-0.4, -0.2) is 29.2 Å². The normalized spacial score (nSPS) is 24.7. The van der Waals surface area contributed by atoms with E-state index >= 15 is 0 Å². The Labute approximate surface area is 114 Å². The van der Waals surface area contributed by atoms with Crippen LogP contribution in [0.25, 0.3) is 0 Å². The van der Waals surface area contributed by atoms with Gasteiger partial charge in [-0.2, -0.15) is 0 Å². The monoisotopic (exact) mass is 268 g/mol. The number of aliphatic hydroxyl groups excluding tert-OH is 1. The van der Waals surface area contributed by atoms with Gasteiger partial charge in [-0.1, -0.05) is 30.7 Å². The molecule has 2 unspecified atom stereocenters. The van der Waals surface area contributed by atoms with Crippen LogP contribution < -0.4 is 5.73 Å². The molecule has 1 saturated heterocycles. The van der Waals surface area contributed by atoms with E-state index < -0.39 is 0 Å². The van der Waals surface area contributed by atoms with Crippen molar-refractivity contribution in [3.8, 4) is 0 Å². The summed E-state index contributed by atoms with van der Waals surface area (Å²) in [6.07, 6.45) is 1.14. The lowest BCUT2D eigenvalue weighted by Gasteiger charge is -2.25. The van der Waals surface area contributed by atoms with Crippen molar-refractivity contribution in [1.29, 1.82) is 0 Å². The van der Waals surface area contributed by atoms with Crippen LogP contribution in [-0.2, 0) is 13.1 Å². The van der Waals surface area contributed by atoms with Gasteiger partial charge in [0.1, 0.15) is 0 Å². The molecule has 1 aliphatic heterocycles. The molecule has 1 aliphatic rings. The summed E-state index contributed by atoms with van der Waals surface area (Å²) in [7, 11) is 0. The summed E-state index contributed by atoms with van der Waals surface area (Å²) in [6, 6.07) is 6.26. The molecule has 0 spiro atoms. The average molecular weight is 269 g/mol. The van der Waals surface area contributed by atoms with E-state index in [4.69, 9.17) is 17.3 Å². The van der Waals surface area contributed by atoms with Crippen LogP contribution in [0.1, 0.15) is 24.5 Å². The fraction of sp³-hybridized carbons (Fsp3) is 0.571. The van der Waals surface area contributed by atoms with Crippen molar-refractivity contribution in [2.45, 2.75) is 32.5 Å². The largest absolute Gasteiger partial charge is 0.395 e. The van der Waals surface area contributed by atoms with Crippen molar-refractivity contribution in [3.63, 3.8) is 0 Å². The van der Waals surface area contributed by atoms with Gasteiger partial charge in [0, 0.05) is 24.2 Å². The molecular weight excluding hydrogens is 248 g/mol. The molecule has 0 saturated carbocycles. The Bertz CT molecular complexity index is 411. The molecule has 0 amide bonds. The van der Waals surface area contributed by atoms with E-state index in [0.717, 1.165) is 35.7 Å². The highest BCUT2D eigenvalue weighted by Crippen LogP contribution is 2.27. The molecule has 1 heterocycles. The van der Waals surface area contributed by atoms with Gasteiger partial charge in [0.25, 0.3) is 0 Å². The highest BCUT2D eigenvalue weighted by atomic mass is 35.5. The van der Waals surface area contributed by atoms with E-state index in [0.29, 0.717) is 12.5 Å². The summed E-state index contributed by atoms with van der Waals surface area (Å²) >= 11 is 6.27. The van der Waals surface area contributed by atoms with Crippen LogP contribution in [0.3, 0.4) is 0 Å². The molecule has 3 nitrogen and oxygen atoms in total. The number of aliphatic hydroxyl groups is 1. The summed E-state index contributed by atoms with van der Waals surface area (Å²) < 4.78 is 0. The first-order chi connectivity index (χ1) is 8.65. The maximum absolute atomic E-state index is 9.45. The lowest BCUT2D eigenvalue weighted by molar-refractivity contribution is 0.134. The summed E-state index contributed by atoms with van der Waals surface area (Å²) in [5, 5.41) is 10.2. The maximum atomic E-state index is 9.45. The fourth-order valence-electron chi connectivity index (χ4n) is 2.64. The molecule has 2 atom stereocenters. The molecule has 0 aromatic heterocycles. The molecular formula is C14H21ClN2O. The second-order valence-electron chi connectivity index (χ2n) is 5.12. The zero-order valence-electron chi connectivity index (χ0n) is 10.8. The van der Waals surface area contributed by atoms with E-state index in [1.165, 1.54) is 0 Å². The molecule has 1 aromatic rings. The minimum absolute atomic E-state index is 0.222. The Balaban J connectivity index is 2.09. The first kappa shape index (κ1) is 13.8.